The molecule has 2 saturated heterocycles. The number of nitrogens with one attached hydrogen (secondary N) is 3. The molecule has 1 unspecified atom stereocenters. The van der Waals surface area contributed by atoms with Gasteiger partial charge < -0.3 is 40.2 Å². The van der Waals surface area contributed by atoms with E-state index in [-0.39, 0.29) is 60.0 Å². The van der Waals surface area contributed by atoms with Gasteiger partial charge >= 0.3 is 5.97 Å². The van der Waals surface area contributed by atoms with Crippen LogP contribution in [-0.4, -0.2) is 95.3 Å². The Hall–Kier alpha value is -6.45. The fraction of sp³-hybridized carbons (Fsp3) is 0.345. The van der Waals surface area contributed by atoms with Gasteiger partial charge in [0.1, 0.15) is 11.5 Å². The summed E-state index contributed by atoms with van der Waals surface area (Å²) in [5.41, 5.74) is 5.29. The number of aromatic amines is 1. The molecule has 8 rings (SSSR count). The van der Waals surface area contributed by atoms with Gasteiger partial charge in [-0.1, -0.05) is 91.0 Å². The standard InChI is InChI=1S/C48H55N5O8.C7H8S/c54-42-15-13-40(41-14-16-44(56)51-47(41)42)43(55)28-49-27-33-9-11-38(12-10-33)48(59)50-29-45(57)53-23-19-36(20-24-53)31-60-39-8-4-7-37(25-39)26-46(58)61-32-35-17-21-52(22-18-35)30-34-5-2-1-3-6-34;8-6-7-4-2-1-3-5-7/h1-16,25,35-36,43,49,54-55H,17-24,26-32H2,(H,50,59)(H,51,56);1-5,8H,6H2. The predicted octanol–water partition coefficient (Wildman–Crippen LogP) is 7.22. The number of amides is 2. The number of pyridine rings is 1. The molecule has 5 aromatic carbocycles. The summed E-state index contributed by atoms with van der Waals surface area (Å²) in [6, 6.07) is 41.3. The number of fused-ring (bicyclic) bond motifs is 1. The lowest BCUT2D eigenvalue weighted by molar-refractivity contribution is -0.144. The van der Waals surface area contributed by atoms with Crippen molar-refractivity contribution in [2.24, 2.45) is 11.8 Å². The number of H-pyrrole nitrogens is 1. The number of piperidine rings is 2. The van der Waals surface area contributed by atoms with Gasteiger partial charge in [-0.25, -0.2) is 0 Å². The maximum atomic E-state index is 13.0. The second kappa shape index (κ2) is 25.8. The number of rotatable bonds is 18. The highest BCUT2D eigenvalue weighted by molar-refractivity contribution is 7.79. The zero-order chi connectivity index (χ0) is 48.4. The van der Waals surface area contributed by atoms with Gasteiger partial charge in [0, 0.05) is 55.5 Å². The van der Waals surface area contributed by atoms with Crippen LogP contribution < -0.4 is 20.9 Å². The predicted molar refractivity (Wildman–Crippen MR) is 271 cm³/mol. The average Bonchev–Trinajstić information content (AvgIpc) is 3.38. The molecule has 13 nitrogen and oxygen atoms in total. The first-order valence-corrected chi connectivity index (χ1v) is 24.4. The number of ether oxygens (including phenoxy) is 2. The number of carbonyl (C=O) groups excluding carboxylic acids is 3. The van der Waals surface area contributed by atoms with E-state index in [4.69, 9.17) is 9.47 Å². The van der Waals surface area contributed by atoms with Crippen LogP contribution >= 0.6 is 12.6 Å². The van der Waals surface area contributed by atoms with Crippen LogP contribution in [0.15, 0.2) is 138 Å². The van der Waals surface area contributed by atoms with Gasteiger partial charge in [-0.15, -0.1) is 0 Å². The number of aromatic nitrogens is 1. The van der Waals surface area contributed by atoms with Gasteiger partial charge in [-0.3, -0.25) is 24.1 Å². The fourth-order valence-electron chi connectivity index (χ4n) is 8.63. The molecule has 2 fully saturated rings. The summed E-state index contributed by atoms with van der Waals surface area (Å²) in [5, 5.41) is 27.4. The van der Waals surface area contributed by atoms with Gasteiger partial charge in [-0.05, 0) is 115 Å². The van der Waals surface area contributed by atoms with Crippen molar-refractivity contribution >= 4 is 41.3 Å². The molecule has 0 bridgehead atoms. The summed E-state index contributed by atoms with van der Waals surface area (Å²) >= 11 is 4.11. The number of aromatic hydroxyl groups is 1. The van der Waals surface area contributed by atoms with Crippen molar-refractivity contribution in [3.8, 4) is 11.5 Å². The number of aliphatic hydroxyl groups is 1. The van der Waals surface area contributed by atoms with Crippen molar-refractivity contribution in [3.05, 3.63) is 177 Å². The molecule has 3 heterocycles. The van der Waals surface area contributed by atoms with Crippen LogP contribution in [0.3, 0.4) is 0 Å². The maximum absolute atomic E-state index is 13.0. The second-order valence-electron chi connectivity index (χ2n) is 17.8. The third kappa shape index (κ3) is 15.5. The first kappa shape index (κ1) is 50.4. The van der Waals surface area contributed by atoms with E-state index < -0.39 is 6.10 Å². The Morgan fingerprint density at radius 2 is 1.41 bits per heavy atom. The van der Waals surface area contributed by atoms with Crippen LogP contribution in [0.4, 0.5) is 0 Å². The molecule has 5 N–H and O–H groups in total. The summed E-state index contributed by atoms with van der Waals surface area (Å²) in [6.45, 7) is 5.67. The summed E-state index contributed by atoms with van der Waals surface area (Å²) in [4.78, 5) is 57.1. The number of thiol groups is 1. The number of carbonyl (C=O) groups is 3. The molecule has 2 amide bonds. The lowest BCUT2D eigenvalue weighted by atomic mass is 9.97. The van der Waals surface area contributed by atoms with E-state index in [1.165, 1.54) is 23.3 Å². The number of hydrogen-bond acceptors (Lipinski definition) is 11. The lowest BCUT2D eigenvalue weighted by Crippen LogP contribution is -2.44. The number of nitrogens with zero attached hydrogens (tertiary/aromatic N) is 2. The third-order valence-electron chi connectivity index (χ3n) is 12.7. The van der Waals surface area contributed by atoms with Crippen molar-refractivity contribution in [1.29, 1.82) is 0 Å². The van der Waals surface area contributed by atoms with Gasteiger partial charge in [0.25, 0.3) is 5.91 Å². The highest BCUT2D eigenvalue weighted by atomic mass is 32.1. The van der Waals surface area contributed by atoms with Gasteiger partial charge in [0.15, 0.2) is 0 Å². The summed E-state index contributed by atoms with van der Waals surface area (Å²) in [7, 11) is 0. The highest BCUT2D eigenvalue weighted by Gasteiger charge is 2.25. The highest BCUT2D eigenvalue weighted by Crippen LogP contribution is 2.29. The van der Waals surface area contributed by atoms with E-state index in [1.807, 2.05) is 60.7 Å². The molecule has 0 aliphatic carbocycles. The number of esters is 1. The topological polar surface area (TPSA) is 174 Å². The number of phenols is 1. The molecule has 1 aromatic heterocycles. The van der Waals surface area contributed by atoms with E-state index in [9.17, 15) is 29.4 Å². The maximum Gasteiger partial charge on any atom is 0.310 e. The molecule has 2 aliphatic rings. The van der Waals surface area contributed by atoms with Gasteiger partial charge in [0.2, 0.25) is 11.5 Å². The molecule has 14 heteroatoms. The van der Waals surface area contributed by atoms with Crippen LogP contribution in [0.5, 0.6) is 11.5 Å². The molecule has 2 aliphatic heterocycles. The molecule has 0 spiro atoms. The van der Waals surface area contributed by atoms with Crippen molar-refractivity contribution in [2.75, 3.05) is 52.5 Å². The number of likely N-dealkylation sites (tertiary alicyclic amines) is 2. The molecule has 1 atom stereocenters. The quantitative estimate of drug-likeness (QED) is 0.0382. The minimum atomic E-state index is -0.890. The Labute approximate surface area is 409 Å². The molecule has 0 saturated carbocycles. The largest absolute Gasteiger partial charge is 0.506 e. The Morgan fingerprint density at radius 3 is 2.10 bits per heavy atom. The first-order chi connectivity index (χ1) is 33.6. The lowest BCUT2D eigenvalue weighted by Gasteiger charge is -2.32. The molecule has 0 radical (unpaired) electrons. The van der Waals surface area contributed by atoms with Gasteiger partial charge in [-0.2, -0.15) is 12.6 Å². The fourth-order valence-corrected chi connectivity index (χ4v) is 8.84. The zero-order valence-corrected chi connectivity index (χ0v) is 39.8. The third-order valence-corrected chi connectivity index (χ3v) is 13.1. The van der Waals surface area contributed by atoms with Crippen LogP contribution in [0, 0.1) is 11.8 Å². The normalized spacial score (nSPS) is 14.9. The van der Waals surface area contributed by atoms with E-state index in [0.717, 1.165) is 62.2 Å². The van der Waals surface area contributed by atoms with Crippen LogP contribution in [0.1, 0.15) is 70.0 Å². The average molecular weight is 954 g/mol. The van der Waals surface area contributed by atoms with E-state index in [2.05, 4.69) is 69.5 Å². The van der Waals surface area contributed by atoms with Crippen molar-refractivity contribution < 1.29 is 34.1 Å². The first-order valence-electron chi connectivity index (χ1n) is 23.8. The number of phenolic OH excluding ortho intramolecular Hbond substituents is 1. The summed E-state index contributed by atoms with van der Waals surface area (Å²) in [6.07, 6.45) is 2.93. The van der Waals surface area contributed by atoms with Crippen molar-refractivity contribution in [1.82, 2.24) is 25.4 Å². The van der Waals surface area contributed by atoms with Gasteiger partial charge in [0.05, 0.1) is 37.8 Å². The molecular weight excluding hydrogens is 891 g/mol. The van der Waals surface area contributed by atoms with E-state index >= 15 is 0 Å². The van der Waals surface area contributed by atoms with E-state index in [1.54, 1.807) is 29.2 Å². The number of aliphatic hydroxyl groups excluding tert-OH is 1. The smallest absolute Gasteiger partial charge is 0.310 e. The Bertz CT molecular complexity index is 2630. The number of benzene rings is 5. The Balaban J connectivity index is 0.000000797. The van der Waals surface area contributed by atoms with Crippen molar-refractivity contribution in [2.45, 2.75) is 57.1 Å². The summed E-state index contributed by atoms with van der Waals surface area (Å²) in [5.74, 6) is 1.45. The molecule has 69 heavy (non-hydrogen) atoms. The monoisotopic (exact) mass is 953 g/mol. The SMILES string of the molecule is O=C(Cc1cccc(OCC2CCN(C(=O)CNC(=O)c3ccc(CNCC(O)c4ccc(O)c5[nH]c(=O)ccc45)cc3)CC2)c1)OCC1CCN(Cc2ccccc2)CC1.SCc1ccccc1. The molecule has 6 aromatic rings. The Morgan fingerprint density at radius 1 is 0.739 bits per heavy atom. The summed E-state index contributed by atoms with van der Waals surface area (Å²) < 4.78 is 11.8. The van der Waals surface area contributed by atoms with E-state index in [0.29, 0.717) is 61.0 Å². The second-order valence-corrected chi connectivity index (χ2v) is 18.1. The van der Waals surface area contributed by atoms with Crippen LogP contribution in [0.25, 0.3) is 10.9 Å². The minimum Gasteiger partial charge on any atom is -0.506 e. The Kier molecular flexibility index (Phi) is 18.8. The minimum absolute atomic E-state index is 0.0683. The molecule has 362 valence electrons. The number of hydrogen-bond donors (Lipinski definition) is 6. The zero-order valence-electron chi connectivity index (χ0n) is 38.9. The molecular formula is C55H63N5O8S. The van der Waals surface area contributed by atoms with Crippen molar-refractivity contribution in [3.63, 3.8) is 0 Å². The van der Waals surface area contributed by atoms with Crippen LogP contribution in [-0.2, 0) is 39.6 Å². The van der Waals surface area contributed by atoms with Crippen LogP contribution in [0.2, 0.25) is 0 Å².